The van der Waals surface area contributed by atoms with Gasteiger partial charge in [-0.1, -0.05) is 70.5 Å². The second-order valence-electron chi connectivity index (χ2n) is 5.38. The third-order valence-corrected chi connectivity index (χ3v) is 5.02. The van der Waals surface area contributed by atoms with E-state index in [1.807, 2.05) is 24.3 Å². The first-order valence-electron chi connectivity index (χ1n) is 7.14. The number of aromatic nitrogens is 2. The summed E-state index contributed by atoms with van der Waals surface area (Å²) in [6, 6.07) is 7.83. The average molecular weight is 386 g/mol. The summed E-state index contributed by atoms with van der Waals surface area (Å²) in [5, 5.41) is 0.885. The lowest BCUT2D eigenvalue weighted by Gasteiger charge is -2.21. The SMILES string of the molecule is Clc1nc(C2CCCCC2)nc(Cl)c1-c1ccc(Br)cc1. The zero-order chi connectivity index (χ0) is 14.8. The first-order chi connectivity index (χ1) is 10.1. The fraction of sp³-hybridized carbons (Fsp3) is 0.375. The quantitative estimate of drug-likeness (QED) is 0.570. The standard InChI is InChI=1S/C16H15BrCl2N2/c17-12-8-6-10(7-9-12)13-14(18)20-16(21-15(13)19)11-4-2-1-3-5-11/h6-9,11H,1-5H2. The van der Waals surface area contributed by atoms with Gasteiger partial charge in [0.15, 0.2) is 0 Å². The molecule has 1 aromatic carbocycles. The molecule has 3 rings (SSSR count). The van der Waals surface area contributed by atoms with Crippen LogP contribution in [0.2, 0.25) is 10.3 Å². The van der Waals surface area contributed by atoms with Crippen molar-refractivity contribution in [2.24, 2.45) is 0 Å². The molecule has 0 saturated heterocycles. The fourth-order valence-electron chi connectivity index (χ4n) is 2.82. The van der Waals surface area contributed by atoms with Crippen molar-refractivity contribution >= 4 is 39.1 Å². The molecule has 5 heteroatoms. The van der Waals surface area contributed by atoms with Gasteiger partial charge in [0.2, 0.25) is 0 Å². The van der Waals surface area contributed by atoms with Gasteiger partial charge in [-0.25, -0.2) is 9.97 Å². The number of hydrogen-bond donors (Lipinski definition) is 0. The van der Waals surface area contributed by atoms with E-state index in [0.29, 0.717) is 21.8 Å². The Morgan fingerprint density at radius 3 is 2.05 bits per heavy atom. The van der Waals surface area contributed by atoms with Gasteiger partial charge in [-0.3, -0.25) is 0 Å². The number of rotatable bonds is 2. The fourth-order valence-corrected chi connectivity index (χ4v) is 3.70. The van der Waals surface area contributed by atoms with Gasteiger partial charge < -0.3 is 0 Å². The molecule has 0 unspecified atom stereocenters. The topological polar surface area (TPSA) is 25.8 Å². The Labute approximate surface area is 143 Å². The molecule has 21 heavy (non-hydrogen) atoms. The molecule has 1 fully saturated rings. The first kappa shape index (κ1) is 15.3. The molecular formula is C16H15BrCl2N2. The van der Waals surface area contributed by atoms with E-state index in [1.54, 1.807) is 0 Å². The molecule has 1 aliphatic rings. The van der Waals surface area contributed by atoms with Crippen LogP contribution in [0.5, 0.6) is 0 Å². The van der Waals surface area contributed by atoms with E-state index in [9.17, 15) is 0 Å². The summed E-state index contributed by atoms with van der Waals surface area (Å²) in [7, 11) is 0. The summed E-state index contributed by atoms with van der Waals surface area (Å²) in [5.41, 5.74) is 1.65. The van der Waals surface area contributed by atoms with E-state index in [1.165, 1.54) is 19.3 Å². The van der Waals surface area contributed by atoms with Gasteiger partial charge in [0.25, 0.3) is 0 Å². The summed E-state index contributed by atoms with van der Waals surface area (Å²) in [6.45, 7) is 0. The van der Waals surface area contributed by atoms with Crippen LogP contribution in [0.15, 0.2) is 28.7 Å². The minimum absolute atomic E-state index is 0.396. The van der Waals surface area contributed by atoms with Crippen LogP contribution >= 0.6 is 39.1 Å². The van der Waals surface area contributed by atoms with Crippen molar-refractivity contribution in [3.8, 4) is 11.1 Å². The Morgan fingerprint density at radius 2 is 1.48 bits per heavy atom. The number of benzene rings is 1. The van der Waals surface area contributed by atoms with Crippen LogP contribution < -0.4 is 0 Å². The summed E-state index contributed by atoms with van der Waals surface area (Å²) in [6.07, 6.45) is 6.03. The molecule has 110 valence electrons. The van der Waals surface area contributed by atoms with Crippen molar-refractivity contribution in [2.75, 3.05) is 0 Å². The molecule has 0 radical (unpaired) electrons. The van der Waals surface area contributed by atoms with Crippen LogP contribution in [-0.4, -0.2) is 9.97 Å². The van der Waals surface area contributed by atoms with Gasteiger partial charge in [0.1, 0.15) is 16.1 Å². The predicted molar refractivity (Wildman–Crippen MR) is 91.0 cm³/mol. The van der Waals surface area contributed by atoms with Gasteiger partial charge in [0, 0.05) is 10.4 Å². The zero-order valence-electron chi connectivity index (χ0n) is 11.5. The Bertz CT molecular complexity index is 614. The van der Waals surface area contributed by atoms with Crippen LogP contribution in [0.3, 0.4) is 0 Å². The largest absolute Gasteiger partial charge is 0.220 e. The molecule has 1 aromatic heterocycles. The van der Waals surface area contributed by atoms with Gasteiger partial charge in [0.05, 0.1) is 5.56 Å². The van der Waals surface area contributed by atoms with Crippen LogP contribution in [0.25, 0.3) is 11.1 Å². The summed E-state index contributed by atoms with van der Waals surface area (Å²) < 4.78 is 1.01. The maximum absolute atomic E-state index is 6.38. The second-order valence-corrected chi connectivity index (χ2v) is 7.01. The molecule has 0 bridgehead atoms. The molecule has 0 spiro atoms. The molecule has 0 N–H and O–H groups in total. The lowest BCUT2D eigenvalue weighted by molar-refractivity contribution is 0.428. The maximum Gasteiger partial charge on any atom is 0.142 e. The van der Waals surface area contributed by atoms with Crippen molar-refractivity contribution < 1.29 is 0 Å². The van der Waals surface area contributed by atoms with Crippen molar-refractivity contribution in [3.05, 3.63) is 44.9 Å². The monoisotopic (exact) mass is 384 g/mol. The lowest BCUT2D eigenvalue weighted by atomic mass is 9.88. The third kappa shape index (κ3) is 3.41. The third-order valence-electron chi connectivity index (χ3n) is 3.94. The summed E-state index contributed by atoms with van der Waals surface area (Å²) >= 11 is 16.2. The molecule has 0 aliphatic heterocycles. The Morgan fingerprint density at radius 1 is 0.905 bits per heavy atom. The Hall–Kier alpha value is -0.640. The molecule has 1 aliphatic carbocycles. The molecule has 1 heterocycles. The zero-order valence-corrected chi connectivity index (χ0v) is 14.5. The lowest BCUT2D eigenvalue weighted by Crippen LogP contribution is -2.09. The van der Waals surface area contributed by atoms with Gasteiger partial charge in [-0.15, -0.1) is 0 Å². The van der Waals surface area contributed by atoms with Crippen LogP contribution in [0, 0.1) is 0 Å². The van der Waals surface area contributed by atoms with E-state index in [-0.39, 0.29) is 0 Å². The van der Waals surface area contributed by atoms with Gasteiger partial charge in [-0.2, -0.15) is 0 Å². The second kappa shape index (κ2) is 6.64. The molecule has 2 aromatic rings. The van der Waals surface area contributed by atoms with Crippen LogP contribution in [0.1, 0.15) is 43.8 Å². The van der Waals surface area contributed by atoms with Crippen LogP contribution in [0.4, 0.5) is 0 Å². The minimum Gasteiger partial charge on any atom is -0.220 e. The first-order valence-corrected chi connectivity index (χ1v) is 8.69. The Kier molecular flexibility index (Phi) is 4.82. The van der Waals surface area contributed by atoms with Crippen molar-refractivity contribution in [1.82, 2.24) is 9.97 Å². The van der Waals surface area contributed by atoms with E-state index in [2.05, 4.69) is 25.9 Å². The normalized spacial score (nSPS) is 16.1. The number of nitrogens with zero attached hydrogens (tertiary/aromatic N) is 2. The molecule has 1 saturated carbocycles. The number of halogens is 3. The smallest absolute Gasteiger partial charge is 0.142 e. The van der Waals surface area contributed by atoms with E-state index in [4.69, 9.17) is 23.2 Å². The van der Waals surface area contributed by atoms with E-state index >= 15 is 0 Å². The molecule has 0 amide bonds. The average Bonchev–Trinajstić information content (AvgIpc) is 2.49. The molecular weight excluding hydrogens is 371 g/mol. The highest BCUT2D eigenvalue weighted by molar-refractivity contribution is 9.10. The maximum atomic E-state index is 6.38. The summed E-state index contributed by atoms with van der Waals surface area (Å²) in [5.74, 6) is 1.19. The van der Waals surface area contributed by atoms with Gasteiger partial charge in [-0.05, 0) is 30.5 Å². The number of hydrogen-bond acceptors (Lipinski definition) is 2. The summed E-state index contributed by atoms with van der Waals surface area (Å²) in [4.78, 5) is 9.03. The van der Waals surface area contributed by atoms with Crippen molar-refractivity contribution in [2.45, 2.75) is 38.0 Å². The predicted octanol–water partition coefficient (Wildman–Crippen LogP) is 6.26. The highest BCUT2D eigenvalue weighted by Crippen LogP contribution is 2.37. The minimum atomic E-state index is 0.396. The van der Waals surface area contributed by atoms with E-state index < -0.39 is 0 Å². The molecule has 0 atom stereocenters. The van der Waals surface area contributed by atoms with E-state index in [0.717, 1.165) is 28.7 Å². The van der Waals surface area contributed by atoms with Gasteiger partial charge >= 0.3 is 0 Å². The highest BCUT2D eigenvalue weighted by atomic mass is 79.9. The van der Waals surface area contributed by atoms with Crippen molar-refractivity contribution in [1.29, 1.82) is 0 Å². The Balaban J connectivity index is 1.97. The highest BCUT2D eigenvalue weighted by Gasteiger charge is 2.21. The van der Waals surface area contributed by atoms with Crippen LogP contribution in [-0.2, 0) is 0 Å². The van der Waals surface area contributed by atoms with Crippen molar-refractivity contribution in [3.63, 3.8) is 0 Å². The molecule has 2 nitrogen and oxygen atoms in total.